The highest BCUT2D eigenvalue weighted by molar-refractivity contribution is 5.66. The molecular weight excluding hydrogens is 182 g/mol. The lowest BCUT2D eigenvalue weighted by atomic mass is 9.98. The summed E-state index contributed by atoms with van der Waals surface area (Å²) in [5.74, 6) is 0. The summed E-state index contributed by atoms with van der Waals surface area (Å²) in [6, 6.07) is 12.7. The van der Waals surface area contributed by atoms with Crippen LogP contribution in [0.15, 0.2) is 48.8 Å². The van der Waals surface area contributed by atoms with E-state index in [1.165, 1.54) is 23.1 Å². The van der Waals surface area contributed by atoms with Crippen LogP contribution in [0.25, 0.3) is 11.1 Å². The van der Waals surface area contributed by atoms with E-state index in [0.717, 1.165) is 6.42 Å². The van der Waals surface area contributed by atoms with Crippen LogP contribution in [-0.2, 0) is 6.42 Å². The Bertz CT molecular complexity index is 420. The predicted molar refractivity (Wildman–Crippen MR) is 63.7 cm³/mol. The Balaban J connectivity index is 2.43. The minimum absolute atomic E-state index is 1.13. The number of benzene rings is 1. The summed E-state index contributed by atoms with van der Waals surface area (Å²) in [5, 5.41) is 0. The Kier molecular flexibility index (Phi) is 3.13. The van der Waals surface area contributed by atoms with Crippen molar-refractivity contribution in [1.29, 1.82) is 0 Å². The third-order valence-corrected chi connectivity index (χ3v) is 2.51. The topological polar surface area (TPSA) is 12.9 Å². The molecule has 0 fully saturated rings. The molecule has 0 N–H and O–H groups in total. The molecule has 0 saturated heterocycles. The minimum Gasteiger partial charge on any atom is -0.264 e. The molecule has 0 atom stereocenters. The van der Waals surface area contributed by atoms with Crippen LogP contribution in [-0.4, -0.2) is 4.98 Å². The predicted octanol–water partition coefficient (Wildman–Crippen LogP) is 3.70. The van der Waals surface area contributed by atoms with Crippen molar-refractivity contribution in [2.75, 3.05) is 0 Å². The summed E-state index contributed by atoms with van der Waals surface area (Å²) in [7, 11) is 0. The van der Waals surface area contributed by atoms with Gasteiger partial charge in [0.2, 0.25) is 0 Å². The molecule has 0 bridgehead atoms. The van der Waals surface area contributed by atoms with Crippen molar-refractivity contribution >= 4 is 0 Å². The average molecular weight is 197 g/mol. The quantitative estimate of drug-likeness (QED) is 0.731. The molecule has 2 aromatic rings. The molecule has 1 nitrogen and oxygen atoms in total. The van der Waals surface area contributed by atoms with Gasteiger partial charge in [0.25, 0.3) is 0 Å². The van der Waals surface area contributed by atoms with Crippen molar-refractivity contribution in [3.8, 4) is 11.1 Å². The van der Waals surface area contributed by atoms with Crippen LogP contribution >= 0.6 is 0 Å². The molecule has 1 heterocycles. The molecule has 76 valence electrons. The van der Waals surface area contributed by atoms with E-state index in [4.69, 9.17) is 0 Å². The summed E-state index contributed by atoms with van der Waals surface area (Å²) in [6.07, 6.45) is 6.04. The number of hydrogen-bond donors (Lipinski definition) is 0. The Labute approximate surface area is 90.8 Å². The molecule has 0 aliphatic carbocycles. The summed E-state index contributed by atoms with van der Waals surface area (Å²) in [6.45, 7) is 2.21. The summed E-state index contributed by atoms with van der Waals surface area (Å²) >= 11 is 0. The van der Waals surface area contributed by atoms with Gasteiger partial charge in [-0.2, -0.15) is 0 Å². The second-order valence-corrected chi connectivity index (χ2v) is 3.65. The fraction of sp³-hybridized carbons (Fsp3) is 0.214. The highest BCUT2D eigenvalue weighted by Gasteiger charge is 2.02. The third kappa shape index (κ3) is 2.24. The molecule has 15 heavy (non-hydrogen) atoms. The van der Waals surface area contributed by atoms with E-state index in [-0.39, 0.29) is 0 Å². The van der Waals surface area contributed by atoms with Crippen LogP contribution in [0.1, 0.15) is 18.9 Å². The van der Waals surface area contributed by atoms with Crippen LogP contribution in [0.4, 0.5) is 0 Å². The van der Waals surface area contributed by atoms with Gasteiger partial charge in [-0.25, -0.2) is 0 Å². The summed E-state index contributed by atoms with van der Waals surface area (Å²) in [5.41, 5.74) is 3.93. The number of pyridine rings is 1. The van der Waals surface area contributed by atoms with Crippen LogP contribution in [0.3, 0.4) is 0 Å². The highest BCUT2D eigenvalue weighted by atomic mass is 14.6. The molecule has 1 aromatic heterocycles. The van der Waals surface area contributed by atoms with Gasteiger partial charge in [-0.3, -0.25) is 4.98 Å². The van der Waals surface area contributed by atoms with Gasteiger partial charge < -0.3 is 0 Å². The second kappa shape index (κ2) is 4.74. The van der Waals surface area contributed by atoms with Crippen molar-refractivity contribution in [3.05, 3.63) is 54.4 Å². The Morgan fingerprint density at radius 1 is 1.07 bits per heavy atom. The van der Waals surface area contributed by atoms with Crippen molar-refractivity contribution in [2.24, 2.45) is 0 Å². The zero-order chi connectivity index (χ0) is 10.5. The number of aryl methyl sites for hydroxylation is 1. The monoisotopic (exact) mass is 197 g/mol. The van der Waals surface area contributed by atoms with Gasteiger partial charge in [0.15, 0.2) is 0 Å². The zero-order valence-corrected chi connectivity index (χ0v) is 8.98. The Morgan fingerprint density at radius 3 is 2.67 bits per heavy atom. The smallest absolute Gasteiger partial charge is 0.0346 e. The summed E-state index contributed by atoms with van der Waals surface area (Å²) in [4.78, 5) is 4.16. The normalized spacial score (nSPS) is 10.2. The van der Waals surface area contributed by atoms with Gasteiger partial charge in [0.05, 0.1) is 0 Å². The van der Waals surface area contributed by atoms with E-state index in [0.29, 0.717) is 0 Å². The summed E-state index contributed by atoms with van der Waals surface area (Å²) < 4.78 is 0. The average Bonchev–Trinajstić information content (AvgIpc) is 2.31. The standard InChI is InChI=1S/C14H15N/c1-2-6-12-7-3-4-9-14(12)13-8-5-10-15-11-13/h3-5,7-11H,2,6H2,1H3. The molecule has 0 saturated carbocycles. The van der Waals surface area contributed by atoms with Crippen LogP contribution < -0.4 is 0 Å². The number of nitrogens with zero attached hydrogens (tertiary/aromatic N) is 1. The van der Waals surface area contributed by atoms with E-state index in [1.807, 2.05) is 18.5 Å². The first-order valence-electron chi connectivity index (χ1n) is 5.40. The first-order chi connectivity index (χ1) is 7.42. The maximum atomic E-state index is 4.16. The maximum Gasteiger partial charge on any atom is 0.0346 e. The molecule has 2 rings (SSSR count). The molecule has 1 heteroatoms. The van der Waals surface area contributed by atoms with Gasteiger partial charge in [-0.15, -0.1) is 0 Å². The van der Waals surface area contributed by atoms with Crippen LogP contribution in [0.5, 0.6) is 0 Å². The van der Waals surface area contributed by atoms with Crippen molar-refractivity contribution < 1.29 is 0 Å². The van der Waals surface area contributed by atoms with Crippen molar-refractivity contribution in [1.82, 2.24) is 4.98 Å². The molecule has 0 radical (unpaired) electrons. The highest BCUT2D eigenvalue weighted by Crippen LogP contribution is 2.23. The molecule has 0 amide bonds. The minimum atomic E-state index is 1.13. The Morgan fingerprint density at radius 2 is 1.93 bits per heavy atom. The maximum absolute atomic E-state index is 4.16. The van der Waals surface area contributed by atoms with E-state index in [1.54, 1.807) is 0 Å². The van der Waals surface area contributed by atoms with E-state index < -0.39 is 0 Å². The third-order valence-electron chi connectivity index (χ3n) is 2.51. The molecule has 0 spiro atoms. The SMILES string of the molecule is CCCc1ccccc1-c1cccnc1. The van der Waals surface area contributed by atoms with Gasteiger partial charge in [-0.05, 0) is 23.6 Å². The largest absolute Gasteiger partial charge is 0.264 e. The molecule has 0 aliphatic rings. The molecule has 0 unspecified atom stereocenters. The van der Waals surface area contributed by atoms with E-state index >= 15 is 0 Å². The number of hydrogen-bond acceptors (Lipinski definition) is 1. The lowest BCUT2D eigenvalue weighted by Crippen LogP contribution is -1.89. The Hall–Kier alpha value is -1.63. The number of rotatable bonds is 3. The molecular formula is C14H15N. The van der Waals surface area contributed by atoms with Crippen molar-refractivity contribution in [3.63, 3.8) is 0 Å². The van der Waals surface area contributed by atoms with Crippen LogP contribution in [0.2, 0.25) is 0 Å². The lowest BCUT2D eigenvalue weighted by Gasteiger charge is -2.07. The van der Waals surface area contributed by atoms with Crippen molar-refractivity contribution in [2.45, 2.75) is 19.8 Å². The van der Waals surface area contributed by atoms with Crippen LogP contribution in [0, 0.1) is 0 Å². The van der Waals surface area contributed by atoms with Gasteiger partial charge in [0.1, 0.15) is 0 Å². The lowest BCUT2D eigenvalue weighted by molar-refractivity contribution is 0.923. The fourth-order valence-corrected chi connectivity index (χ4v) is 1.81. The zero-order valence-electron chi connectivity index (χ0n) is 8.98. The number of aromatic nitrogens is 1. The van der Waals surface area contributed by atoms with E-state index in [2.05, 4.69) is 42.2 Å². The van der Waals surface area contributed by atoms with Gasteiger partial charge >= 0.3 is 0 Å². The van der Waals surface area contributed by atoms with Gasteiger partial charge in [-0.1, -0.05) is 43.7 Å². The first-order valence-corrected chi connectivity index (χ1v) is 5.40. The van der Waals surface area contributed by atoms with E-state index in [9.17, 15) is 0 Å². The second-order valence-electron chi connectivity index (χ2n) is 3.65. The molecule has 1 aromatic carbocycles. The molecule has 0 aliphatic heterocycles. The first kappa shape index (κ1) is 9.91. The van der Waals surface area contributed by atoms with Gasteiger partial charge in [0, 0.05) is 18.0 Å². The fourth-order valence-electron chi connectivity index (χ4n) is 1.81.